The summed E-state index contributed by atoms with van der Waals surface area (Å²) in [6.45, 7) is 2.36. The van der Waals surface area contributed by atoms with E-state index in [0.717, 1.165) is 6.42 Å². The Kier molecular flexibility index (Phi) is 6.67. The first-order chi connectivity index (χ1) is 11.1. The fourth-order valence-corrected chi connectivity index (χ4v) is 2.52. The van der Waals surface area contributed by atoms with E-state index < -0.39 is 0 Å². The minimum absolute atomic E-state index is 0.0202. The largest absolute Gasteiger partial charge is 0.484 e. The Morgan fingerprint density at radius 3 is 2.13 bits per heavy atom. The van der Waals surface area contributed by atoms with Crippen molar-refractivity contribution in [2.24, 2.45) is 0 Å². The fraction of sp³-hybridized carbons (Fsp3) is 0.500. The first-order valence-electron chi connectivity index (χ1n) is 7.53. The highest BCUT2D eigenvalue weighted by Crippen LogP contribution is 2.15. The molecular weight excluding hydrogens is 320 g/mol. The van der Waals surface area contributed by atoms with E-state index in [1.165, 1.54) is 7.11 Å². The highest BCUT2D eigenvalue weighted by molar-refractivity contribution is 6.30. The molecule has 6 nitrogen and oxygen atoms in total. The van der Waals surface area contributed by atoms with Crippen LogP contribution in [0.3, 0.4) is 0 Å². The van der Waals surface area contributed by atoms with Gasteiger partial charge < -0.3 is 19.3 Å². The molecule has 1 aromatic rings. The Morgan fingerprint density at radius 2 is 1.57 bits per heavy atom. The van der Waals surface area contributed by atoms with Crippen LogP contribution in [0.4, 0.5) is 0 Å². The number of carbonyl (C=O) groups is 2. The molecule has 7 heteroatoms. The molecule has 0 aromatic heterocycles. The van der Waals surface area contributed by atoms with Crippen LogP contribution in [0.5, 0.6) is 5.75 Å². The minimum Gasteiger partial charge on any atom is -0.484 e. The molecule has 2 rings (SSSR count). The number of carbonyl (C=O) groups excluding carboxylic acids is 2. The van der Waals surface area contributed by atoms with E-state index in [9.17, 15) is 9.59 Å². The zero-order valence-electron chi connectivity index (χ0n) is 13.2. The molecule has 23 heavy (non-hydrogen) atoms. The van der Waals surface area contributed by atoms with Crippen LogP contribution in [0.1, 0.15) is 6.42 Å². The molecule has 0 atom stereocenters. The summed E-state index contributed by atoms with van der Waals surface area (Å²) < 4.78 is 10.3. The summed E-state index contributed by atoms with van der Waals surface area (Å²) in [5.74, 6) is 0.481. The van der Waals surface area contributed by atoms with Gasteiger partial charge in [-0.25, -0.2) is 0 Å². The normalized spacial score (nSPS) is 15.2. The summed E-state index contributed by atoms with van der Waals surface area (Å²) in [7, 11) is 1.50. The van der Waals surface area contributed by atoms with Gasteiger partial charge in [0.05, 0.1) is 0 Å². The van der Waals surface area contributed by atoms with Crippen LogP contribution in [-0.2, 0) is 14.3 Å². The third-order valence-electron chi connectivity index (χ3n) is 3.65. The second kappa shape index (κ2) is 8.74. The molecular formula is C16H21ClN2O4. The monoisotopic (exact) mass is 340 g/mol. The lowest BCUT2D eigenvalue weighted by atomic mass is 10.3. The van der Waals surface area contributed by atoms with Crippen LogP contribution in [0.15, 0.2) is 24.3 Å². The molecule has 0 spiro atoms. The van der Waals surface area contributed by atoms with Crippen LogP contribution in [-0.4, -0.2) is 68.1 Å². The van der Waals surface area contributed by atoms with Crippen molar-refractivity contribution in [1.82, 2.24) is 9.80 Å². The topological polar surface area (TPSA) is 59.1 Å². The average molecular weight is 341 g/mol. The number of hydrogen-bond donors (Lipinski definition) is 0. The average Bonchev–Trinajstić information content (AvgIpc) is 2.80. The molecule has 0 aliphatic carbocycles. The Balaban J connectivity index is 1.81. The molecule has 1 fully saturated rings. The maximum absolute atomic E-state index is 12.2. The molecule has 0 radical (unpaired) electrons. The first kappa shape index (κ1) is 17.6. The van der Waals surface area contributed by atoms with E-state index in [1.54, 1.807) is 34.1 Å². The Morgan fingerprint density at radius 1 is 1.00 bits per heavy atom. The fourth-order valence-electron chi connectivity index (χ4n) is 2.40. The number of rotatable bonds is 5. The van der Waals surface area contributed by atoms with Crippen molar-refractivity contribution < 1.29 is 19.1 Å². The van der Waals surface area contributed by atoms with Gasteiger partial charge in [-0.15, -0.1) is 0 Å². The number of nitrogens with zero attached hydrogens (tertiary/aromatic N) is 2. The van der Waals surface area contributed by atoms with Crippen LogP contribution in [0.25, 0.3) is 0 Å². The summed E-state index contributed by atoms with van der Waals surface area (Å²) in [6.07, 6.45) is 0.752. The van der Waals surface area contributed by atoms with Crippen molar-refractivity contribution >= 4 is 23.4 Å². The summed E-state index contributed by atoms with van der Waals surface area (Å²) >= 11 is 5.80. The van der Waals surface area contributed by atoms with E-state index in [-0.39, 0.29) is 25.0 Å². The van der Waals surface area contributed by atoms with Crippen molar-refractivity contribution in [3.05, 3.63) is 29.3 Å². The van der Waals surface area contributed by atoms with Crippen molar-refractivity contribution in [1.29, 1.82) is 0 Å². The van der Waals surface area contributed by atoms with Gasteiger partial charge in [-0.1, -0.05) is 11.6 Å². The molecule has 1 heterocycles. The van der Waals surface area contributed by atoms with Gasteiger partial charge in [-0.3, -0.25) is 9.59 Å². The van der Waals surface area contributed by atoms with Gasteiger partial charge in [-0.2, -0.15) is 0 Å². The maximum Gasteiger partial charge on any atom is 0.260 e. The second-order valence-electron chi connectivity index (χ2n) is 5.29. The Hall–Kier alpha value is -1.79. The van der Waals surface area contributed by atoms with Crippen LogP contribution in [0.2, 0.25) is 5.02 Å². The number of ether oxygens (including phenoxy) is 2. The zero-order valence-corrected chi connectivity index (χ0v) is 13.9. The molecule has 0 unspecified atom stereocenters. The molecule has 0 N–H and O–H groups in total. The maximum atomic E-state index is 12.2. The van der Waals surface area contributed by atoms with Gasteiger partial charge in [-0.05, 0) is 30.7 Å². The predicted molar refractivity (Wildman–Crippen MR) is 86.6 cm³/mol. The second-order valence-corrected chi connectivity index (χ2v) is 5.73. The van der Waals surface area contributed by atoms with E-state index in [4.69, 9.17) is 21.1 Å². The van der Waals surface area contributed by atoms with E-state index in [0.29, 0.717) is 37.0 Å². The smallest absolute Gasteiger partial charge is 0.260 e. The Bertz CT molecular complexity index is 535. The molecule has 1 saturated heterocycles. The lowest BCUT2D eigenvalue weighted by molar-refractivity contribution is -0.136. The number of hydrogen-bond acceptors (Lipinski definition) is 4. The molecule has 0 bridgehead atoms. The summed E-state index contributed by atoms with van der Waals surface area (Å²) in [5.41, 5.74) is 0. The lowest BCUT2D eigenvalue weighted by Crippen LogP contribution is -2.40. The van der Waals surface area contributed by atoms with Gasteiger partial charge in [0.2, 0.25) is 5.91 Å². The lowest BCUT2D eigenvalue weighted by Gasteiger charge is -2.22. The van der Waals surface area contributed by atoms with E-state index in [1.807, 2.05) is 0 Å². The number of benzene rings is 1. The summed E-state index contributed by atoms with van der Waals surface area (Å²) in [6, 6.07) is 6.88. The molecule has 0 saturated carbocycles. The van der Waals surface area contributed by atoms with Gasteiger partial charge in [0.15, 0.2) is 6.61 Å². The third kappa shape index (κ3) is 5.41. The molecule has 1 aromatic carbocycles. The van der Waals surface area contributed by atoms with Crippen molar-refractivity contribution in [3.63, 3.8) is 0 Å². The summed E-state index contributed by atoms with van der Waals surface area (Å²) in [4.78, 5) is 27.5. The van der Waals surface area contributed by atoms with E-state index >= 15 is 0 Å². The quantitative estimate of drug-likeness (QED) is 0.813. The molecule has 126 valence electrons. The third-order valence-corrected chi connectivity index (χ3v) is 3.90. The predicted octanol–water partition coefficient (Wildman–Crippen LogP) is 1.43. The van der Waals surface area contributed by atoms with Crippen LogP contribution >= 0.6 is 11.6 Å². The van der Waals surface area contributed by atoms with Crippen molar-refractivity contribution in [3.8, 4) is 5.75 Å². The highest BCUT2D eigenvalue weighted by atomic mass is 35.5. The van der Waals surface area contributed by atoms with Crippen molar-refractivity contribution in [2.45, 2.75) is 6.42 Å². The number of methoxy groups -OCH3 is 1. The van der Waals surface area contributed by atoms with Gasteiger partial charge in [0, 0.05) is 38.3 Å². The number of halogens is 1. The van der Waals surface area contributed by atoms with Gasteiger partial charge in [0.1, 0.15) is 12.4 Å². The summed E-state index contributed by atoms with van der Waals surface area (Å²) in [5, 5.41) is 0.622. The zero-order chi connectivity index (χ0) is 16.7. The highest BCUT2D eigenvalue weighted by Gasteiger charge is 2.22. The van der Waals surface area contributed by atoms with Crippen LogP contribution in [0, 0.1) is 0 Å². The minimum atomic E-state index is -0.0824. The van der Waals surface area contributed by atoms with Crippen LogP contribution < -0.4 is 4.74 Å². The van der Waals surface area contributed by atoms with Gasteiger partial charge in [0.25, 0.3) is 5.91 Å². The van der Waals surface area contributed by atoms with Crippen molar-refractivity contribution in [2.75, 3.05) is 46.5 Å². The molecule has 1 aliphatic heterocycles. The SMILES string of the molecule is COCC(=O)N1CCCN(C(=O)COc2ccc(Cl)cc2)CC1. The number of amides is 2. The molecule has 1 aliphatic rings. The Labute approximate surface area is 140 Å². The first-order valence-corrected chi connectivity index (χ1v) is 7.91. The molecule has 2 amide bonds. The van der Waals surface area contributed by atoms with Gasteiger partial charge >= 0.3 is 0 Å². The van der Waals surface area contributed by atoms with E-state index in [2.05, 4.69) is 0 Å². The standard InChI is InChI=1S/C16H21ClN2O4/c1-22-11-15(20)18-7-2-8-19(10-9-18)16(21)12-23-14-5-3-13(17)4-6-14/h3-6H,2,7-12H2,1H3.